The summed E-state index contributed by atoms with van der Waals surface area (Å²) >= 11 is 0. The molecule has 0 aliphatic rings. The zero-order chi connectivity index (χ0) is 16.6. The molecule has 0 radical (unpaired) electrons. The SMILES string of the molecule is CCCCNC(=O)NS(=O)(=O)c1ccc(CC(=O)CC)cc1. The van der Waals surface area contributed by atoms with Crippen LogP contribution >= 0.6 is 0 Å². The molecule has 0 aliphatic heterocycles. The molecule has 22 heavy (non-hydrogen) atoms. The number of nitrogens with one attached hydrogen (secondary N) is 2. The highest BCUT2D eigenvalue weighted by Gasteiger charge is 2.17. The van der Waals surface area contributed by atoms with E-state index in [1.807, 2.05) is 11.6 Å². The Morgan fingerprint density at radius 2 is 1.73 bits per heavy atom. The second kappa shape index (κ2) is 8.53. The van der Waals surface area contributed by atoms with Crippen molar-refractivity contribution in [3.63, 3.8) is 0 Å². The van der Waals surface area contributed by atoms with Crippen molar-refractivity contribution in [2.75, 3.05) is 6.54 Å². The molecule has 0 saturated heterocycles. The minimum absolute atomic E-state index is 0.00848. The first-order chi connectivity index (χ1) is 10.4. The highest BCUT2D eigenvalue weighted by atomic mass is 32.2. The van der Waals surface area contributed by atoms with Crippen molar-refractivity contribution in [1.82, 2.24) is 10.0 Å². The van der Waals surface area contributed by atoms with E-state index in [1.165, 1.54) is 12.1 Å². The number of Topliss-reactive ketones (excluding diaryl/α,β-unsaturated/α-hetero) is 1. The van der Waals surface area contributed by atoms with E-state index in [9.17, 15) is 18.0 Å². The van der Waals surface area contributed by atoms with Crippen LogP contribution in [0.1, 0.15) is 38.7 Å². The van der Waals surface area contributed by atoms with Gasteiger partial charge in [0.2, 0.25) is 0 Å². The fourth-order valence-corrected chi connectivity index (χ4v) is 2.66. The molecule has 0 atom stereocenters. The maximum atomic E-state index is 12.0. The van der Waals surface area contributed by atoms with Gasteiger partial charge < -0.3 is 5.32 Å². The van der Waals surface area contributed by atoms with Gasteiger partial charge in [0.15, 0.2) is 0 Å². The first-order valence-electron chi connectivity index (χ1n) is 7.30. The van der Waals surface area contributed by atoms with E-state index >= 15 is 0 Å². The number of ketones is 1. The van der Waals surface area contributed by atoms with E-state index in [2.05, 4.69) is 5.32 Å². The average Bonchev–Trinajstić information content (AvgIpc) is 2.47. The Kier molecular flexibility index (Phi) is 7.04. The molecule has 0 bridgehead atoms. The average molecular weight is 326 g/mol. The molecule has 122 valence electrons. The quantitative estimate of drug-likeness (QED) is 0.715. The molecule has 0 aliphatic carbocycles. The zero-order valence-electron chi connectivity index (χ0n) is 12.9. The first-order valence-corrected chi connectivity index (χ1v) is 8.78. The van der Waals surface area contributed by atoms with Gasteiger partial charge in [0.25, 0.3) is 10.0 Å². The first kappa shape index (κ1) is 18.2. The van der Waals surface area contributed by atoms with Crippen molar-refractivity contribution in [3.05, 3.63) is 29.8 Å². The number of rotatable bonds is 8. The maximum Gasteiger partial charge on any atom is 0.328 e. The van der Waals surface area contributed by atoms with Crippen LogP contribution in [0.2, 0.25) is 0 Å². The third-order valence-electron chi connectivity index (χ3n) is 3.07. The Bertz CT molecular complexity index is 609. The number of sulfonamides is 1. The van der Waals surface area contributed by atoms with Crippen molar-refractivity contribution >= 4 is 21.8 Å². The van der Waals surface area contributed by atoms with Crippen molar-refractivity contribution < 1.29 is 18.0 Å². The highest BCUT2D eigenvalue weighted by Crippen LogP contribution is 2.11. The fourth-order valence-electron chi connectivity index (χ4n) is 1.73. The monoisotopic (exact) mass is 326 g/mol. The van der Waals surface area contributed by atoms with Gasteiger partial charge in [0.1, 0.15) is 5.78 Å². The summed E-state index contributed by atoms with van der Waals surface area (Å²) in [5.74, 6) is 0.0871. The van der Waals surface area contributed by atoms with Crippen LogP contribution in [-0.4, -0.2) is 26.8 Å². The lowest BCUT2D eigenvalue weighted by atomic mass is 10.1. The number of hydrogen-bond donors (Lipinski definition) is 2. The lowest BCUT2D eigenvalue weighted by Gasteiger charge is -2.09. The second-order valence-corrected chi connectivity index (χ2v) is 6.61. The number of benzene rings is 1. The summed E-state index contributed by atoms with van der Waals surface area (Å²) in [7, 11) is -3.89. The largest absolute Gasteiger partial charge is 0.337 e. The third-order valence-corrected chi connectivity index (χ3v) is 4.42. The molecule has 2 amide bonds. The summed E-state index contributed by atoms with van der Waals surface area (Å²) < 4.78 is 26.0. The summed E-state index contributed by atoms with van der Waals surface area (Å²) in [4.78, 5) is 22.9. The predicted octanol–water partition coefficient (Wildman–Crippen LogP) is 2.00. The predicted molar refractivity (Wildman–Crippen MR) is 84.1 cm³/mol. The molecular formula is C15H22N2O4S. The number of urea groups is 1. The lowest BCUT2D eigenvalue weighted by Crippen LogP contribution is -2.39. The molecule has 6 nitrogen and oxygen atoms in total. The van der Waals surface area contributed by atoms with E-state index in [0.29, 0.717) is 13.0 Å². The maximum absolute atomic E-state index is 12.0. The van der Waals surface area contributed by atoms with Gasteiger partial charge in [0.05, 0.1) is 4.90 Å². The van der Waals surface area contributed by atoms with Crippen LogP contribution in [0.3, 0.4) is 0 Å². The molecule has 0 fully saturated rings. The Balaban J connectivity index is 2.69. The Hall–Kier alpha value is -1.89. The number of unbranched alkanes of at least 4 members (excludes halogenated alkanes) is 1. The summed E-state index contributed by atoms with van der Waals surface area (Å²) in [6.07, 6.45) is 2.42. The van der Waals surface area contributed by atoms with Gasteiger partial charge in [-0.05, 0) is 24.1 Å². The molecule has 0 spiro atoms. The van der Waals surface area contributed by atoms with Crippen LogP contribution in [-0.2, 0) is 21.2 Å². The van der Waals surface area contributed by atoms with Crippen molar-refractivity contribution in [2.24, 2.45) is 0 Å². The number of carbonyl (C=O) groups excluding carboxylic acids is 2. The summed E-state index contributed by atoms with van der Waals surface area (Å²) in [6.45, 7) is 4.18. The summed E-state index contributed by atoms with van der Waals surface area (Å²) in [5, 5.41) is 2.48. The topological polar surface area (TPSA) is 92.3 Å². The normalized spacial score (nSPS) is 11.0. The Morgan fingerprint density at radius 1 is 1.09 bits per heavy atom. The van der Waals surface area contributed by atoms with E-state index < -0.39 is 16.1 Å². The zero-order valence-corrected chi connectivity index (χ0v) is 13.7. The fraction of sp³-hybridized carbons (Fsp3) is 0.467. The van der Waals surface area contributed by atoms with E-state index in [1.54, 1.807) is 19.1 Å². The van der Waals surface area contributed by atoms with Gasteiger partial charge in [-0.2, -0.15) is 0 Å². The van der Waals surface area contributed by atoms with Gasteiger partial charge in [-0.15, -0.1) is 0 Å². The van der Waals surface area contributed by atoms with Crippen LogP contribution < -0.4 is 10.0 Å². The minimum Gasteiger partial charge on any atom is -0.337 e. The second-order valence-electron chi connectivity index (χ2n) is 4.93. The van der Waals surface area contributed by atoms with Gasteiger partial charge in [-0.1, -0.05) is 32.4 Å². The van der Waals surface area contributed by atoms with Gasteiger partial charge in [-0.25, -0.2) is 17.9 Å². The molecule has 0 saturated carbocycles. The summed E-state index contributed by atoms with van der Waals surface area (Å²) in [6, 6.07) is 5.20. The van der Waals surface area contributed by atoms with E-state index in [0.717, 1.165) is 18.4 Å². The molecule has 2 N–H and O–H groups in total. The Labute approximate surface area is 131 Å². The summed E-state index contributed by atoms with van der Waals surface area (Å²) in [5.41, 5.74) is 0.748. The molecule has 1 aromatic carbocycles. The van der Waals surface area contributed by atoms with Crippen molar-refractivity contribution in [1.29, 1.82) is 0 Å². The molecule has 0 unspecified atom stereocenters. The lowest BCUT2D eigenvalue weighted by molar-refractivity contribution is -0.118. The van der Waals surface area contributed by atoms with Crippen LogP contribution in [0.25, 0.3) is 0 Å². The van der Waals surface area contributed by atoms with Crippen LogP contribution in [0.4, 0.5) is 4.79 Å². The smallest absolute Gasteiger partial charge is 0.328 e. The number of amides is 2. The van der Waals surface area contributed by atoms with Crippen molar-refractivity contribution in [3.8, 4) is 0 Å². The van der Waals surface area contributed by atoms with Crippen LogP contribution in [0.5, 0.6) is 0 Å². The van der Waals surface area contributed by atoms with Crippen LogP contribution in [0.15, 0.2) is 29.2 Å². The molecule has 1 aromatic rings. The molecule has 0 aromatic heterocycles. The highest BCUT2D eigenvalue weighted by molar-refractivity contribution is 7.90. The van der Waals surface area contributed by atoms with Crippen molar-refractivity contribution in [2.45, 2.75) is 44.4 Å². The number of hydrogen-bond acceptors (Lipinski definition) is 4. The van der Waals surface area contributed by atoms with Gasteiger partial charge in [-0.3, -0.25) is 4.79 Å². The Morgan fingerprint density at radius 3 is 2.27 bits per heavy atom. The van der Waals surface area contributed by atoms with Gasteiger partial charge in [0, 0.05) is 19.4 Å². The number of carbonyl (C=O) groups is 2. The molecular weight excluding hydrogens is 304 g/mol. The van der Waals surface area contributed by atoms with E-state index in [-0.39, 0.29) is 17.1 Å². The van der Waals surface area contributed by atoms with E-state index in [4.69, 9.17) is 0 Å². The molecule has 1 rings (SSSR count). The molecule has 7 heteroatoms. The van der Waals surface area contributed by atoms with Crippen LogP contribution in [0, 0.1) is 0 Å². The molecule has 0 heterocycles. The van der Waals surface area contributed by atoms with Gasteiger partial charge >= 0.3 is 6.03 Å². The standard InChI is InChI=1S/C15H22N2O4S/c1-3-5-10-16-15(19)17-22(20,21)14-8-6-12(7-9-14)11-13(18)4-2/h6-9H,3-5,10-11H2,1-2H3,(H2,16,17,19). The minimum atomic E-state index is -3.89. The third kappa shape index (κ3) is 5.85.